The van der Waals surface area contributed by atoms with Crippen LogP contribution in [0, 0.1) is 13.8 Å². The topological polar surface area (TPSA) is 237 Å². The molecule has 0 spiro atoms. The van der Waals surface area contributed by atoms with Crippen molar-refractivity contribution in [1.29, 1.82) is 0 Å². The van der Waals surface area contributed by atoms with E-state index in [1.807, 2.05) is 45.9 Å². The molecule has 0 aliphatic carbocycles. The average Bonchev–Trinajstić information content (AvgIpc) is 3.51. The monoisotopic (exact) mass is 743 g/mol. The van der Waals surface area contributed by atoms with Gasteiger partial charge in [0, 0.05) is 32.2 Å². The van der Waals surface area contributed by atoms with Crippen LogP contribution in [0.1, 0.15) is 34.9 Å². The predicted molar refractivity (Wildman–Crippen MR) is 183 cm³/mol. The molecule has 17 nitrogen and oxygen atoms in total. The molecule has 1 aliphatic rings. The van der Waals surface area contributed by atoms with Crippen LogP contribution in [0.25, 0.3) is 0 Å². The van der Waals surface area contributed by atoms with Gasteiger partial charge in [-0.15, -0.1) is 0 Å². The number of carboxylic acids is 2. The summed E-state index contributed by atoms with van der Waals surface area (Å²) in [4.78, 5) is 50.5. The molecular formula is C29H39ClN7O10PS. The number of aryl methyl sites for hydroxylation is 2. The van der Waals surface area contributed by atoms with E-state index in [2.05, 4.69) is 35.4 Å². The highest BCUT2D eigenvalue weighted by molar-refractivity contribution is 7.53. The maximum atomic E-state index is 12.9. The molecule has 3 aromatic rings. The lowest BCUT2D eigenvalue weighted by atomic mass is 10.2. The Kier molecular flexibility index (Phi) is 14.8. The lowest BCUT2D eigenvalue weighted by molar-refractivity contribution is -0.165. The van der Waals surface area contributed by atoms with Gasteiger partial charge in [0.2, 0.25) is 0 Å². The Balaban J connectivity index is 0.000000565. The van der Waals surface area contributed by atoms with E-state index in [4.69, 9.17) is 41.1 Å². The highest BCUT2D eigenvalue weighted by Crippen LogP contribution is 2.48. The second kappa shape index (κ2) is 18.3. The summed E-state index contributed by atoms with van der Waals surface area (Å²) in [5, 5.41) is 39.6. The summed E-state index contributed by atoms with van der Waals surface area (Å²) in [5.41, 5.74) is 1.46. The van der Waals surface area contributed by atoms with Gasteiger partial charge in [-0.1, -0.05) is 35.1 Å². The number of hydrogen-bond donors (Lipinski definition) is 6. The quantitative estimate of drug-likeness (QED) is 0.130. The fourth-order valence-corrected chi connectivity index (χ4v) is 7.22. The molecule has 1 fully saturated rings. The zero-order valence-corrected chi connectivity index (χ0v) is 29.7. The van der Waals surface area contributed by atoms with Crippen LogP contribution in [0.3, 0.4) is 0 Å². The standard InChI is InChI=1S/C25H33ClN7O4PS.C4H6O6/c1-5-36-38(35,37-6-2)16-32-10-12-33(13-11-32)22-14-21(28-18(4)29-22)30-25-27-15-20(39-25)24(34)31-23-17(3)8-7-9-19(23)26;5-1(3(7)8)2(6)4(9)10/h7-9,14-15H,5-6,10-13,16H2,1-4H3,(H,31,34)(H,27,28,29,30);1-2,5-6H,(H,7,8)(H,9,10). The molecule has 0 bridgehead atoms. The number of halogens is 1. The zero-order valence-electron chi connectivity index (χ0n) is 27.2. The SMILES string of the molecule is CCOP(=O)(CN1CCN(c2cc(Nc3ncc(C(=O)Nc4c(C)cccc4Cl)s3)nc(C)n2)CC1)OCC.O=C(O)C(O)C(O)C(=O)O. The van der Waals surface area contributed by atoms with E-state index in [1.165, 1.54) is 17.5 Å². The van der Waals surface area contributed by atoms with Gasteiger partial charge in [0.15, 0.2) is 17.3 Å². The van der Waals surface area contributed by atoms with Gasteiger partial charge in [-0.2, -0.15) is 0 Å². The highest BCUT2D eigenvalue weighted by Gasteiger charge is 2.30. The van der Waals surface area contributed by atoms with E-state index < -0.39 is 31.7 Å². The molecular weight excluding hydrogens is 705 g/mol. The van der Waals surface area contributed by atoms with Crippen molar-refractivity contribution in [3.63, 3.8) is 0 Å². The second-order valence-electron chi connectivity index (χ2n) is 10.5. The number of benzene rings is 1. The van der Waals surface area contributed by atoms with E-state index >= 15 is 0 Å². The van der Waals surface area contributed by atoms with Gasteiger partial charge in [-0.3, -0.25) is 14.3 Å². The third kappa shape index (κ3) is 11.7. The lowest BCUT2D eigenvalue weighted by Gasteiger charge is -2.36. The minimum Gasteiger partial charge on any atom is -0.479 e. The smallest absolute Gasteiger partial charge is 0.344 e. The van der Waals surface area contributed by atoms with Gasteiger partial charge in [0.05, 0.1) is 30.1 Å². The average molecular weight is 744 g/mol. The Hall–Kier alpha value is -3.74. The Morgan fingerprint density at radius 2 is 1.63 bits per heavy atom. The molecule has 1 aromatic carbocycles. The number of aliphatic carboxylic acids is 2. The molecule has 6 N–H and O–H groups in total. The van der Waals surface area contributed by atoms with Crippen molar-refractivity contribution in [2.75, 3.05) is 61.2 Å². The summed E-state index contributed by atoms with van der Waals surface area (Å²) >= 11 is 7.46. The minimum atomic E-state index is -3.13. The van der Waals surface area contributed by atoms with Crippen molar-refractivity contribution >= 4 is 70.8 Å². The molecule has 1 saturated heterocycles. The van der Waals surface area contributed by atoms with Gasteiger partial charge in [0.1, 0.15) is 28.6 Å². The number of carbonyl (C=O) groups excluding carboxylic acids is 1. The van der Waals surface area contributed by atoms with E-state index in [-0.39, 0.29) is 12.2 Å². The number of carbonyl (C=O) groups is 3. The van der Waals surface area contributed by atoms with Gasteiger partial charge >= 0.3 is 19.5 Å². The van der Waals surface area contributed by atoms with E-state index in [0.717, 1.165) is 11.4 Å². The molecule has 1 aliphatic heterocycles. The largest absolute Gasteiger partial charge is 0.479 e. The molecule has 2 aromatic heterocycles. The number of hydrogen-bond acceptors (Lipinski definition) is 15. The third-order valence-electron chi connectivity index (χ3n) is 6.78. The molecule has 3 heterocycles. The third-order valence-corrected chi connectivity index (χ3v) is 10.1. The minimum absolute atomic E-state index is 0.272. The number of aromatic nitrogens is 3. The number of nitrogens with one attached hydrogen (secondary N) is 2. The Morgan fingerprint density at radius 1 is 1.02 bits per heavy atom. The normalized spacial score (nSPS) is 14.7. The summed E-state index contributed by atoms with van der Waals surface area (Å²) in [6.07, 6.45) is -2.74. The first kappa shape index (κ1) is 39.7. The Morgan fingerprint density at radius 3 is 2.18 bits per heavy atom. The van der Waals surface area contributed by atoms with Crippen molar-refractivity contribution in [3.05, 3.63) is 51.7 Å². The first-order valence-corrected chi connectivity index (χ1v) is 17.9. The summed E-state index contributed by atoms with van der Waals surface area (Å²) in [7, 11) is -3.13. The van der Waals surface area contributed by atoms with Gasteiger partial charge in [-0.25, -0.2) is 24.5 Å². The van der Waals surface area contributed by atoms with Crippen LogP contribution in [0.5, 0.6) is 0 Å². The molecule has 2 atom stereocenters. The molecule has 1 amide bonds. The van der Waals surface area contributed by atoms with E-state index in [0.29, 0.717) is 71.8 Å². The maximum Gasteiger partial charge on any atom is 0.344 e. The van der Waals surface area contributed by atoms with E-state index in [9.17, 15) is 18.9 Å². The van der Waals surface area contributed by atoms with Crippen molar-refractivity contribution in [2.24, 2.45) is 0 Å². The predicted octanol–water partition coefficient (Wildman–Crippen LogP) is 3.42. The van der Waals surface area contributed by atoms with Crippen molar-refractivity contribution < 1.29 is 48.4 Å². The number of carboxylic acid groups (broad SMARTS) is 2. The van der Waals surface area contributed by atoms with E-state index in [1.54, 1.807) is 6.07 Å². The first-order valence-electron chi connectivity index (χ1n) is 15.0. The fraction of sp³-hybridized carbons (Fsp3) is 0.448. The number of amides is 1. The van der Waals surface area contributed by atoms with Crippen LogP contribution in [-0.2, 0) is 23.2 Å². The molecule has 268 valence electrons. The van der Waals surface area contributed by atoms with Crippen molar-refractivity contribution in [3.8, 4) is 0 Å². The number of aliphatic hydroxyl groups is 2. The summed E-state index contributed by atoms with van der Waals surface area (Å²) in [6.45, 7) is 10.9. The number of anilines is 4. The van der Waals surface area contributed by atoms with Crippen LogP contribution in [0.15, 0.2) is 30.5 Å². The van der Waals surface area contributed by atoms with Crippen LogP contribution >= 0.6 is 30.5 Å². The number of nitrogens with zero attached hydrogens (tertiary/aromatic N) is 5. The lowest BCUT2D eigenvalue weighted by Crippen LogP contribution is -2.47. The van der Waals surface area contributed by atoms with Gasteiger partial charge in [-0.05, 0) is 39.3 Å². The van der Waals surface area contributed by atoms with Crippen LogP contribution < -0.4 is 15.5 Å². The van der Waals surface area contributed by atoms with Gasteiger partial charge < -0.3 is 45.0 Å². The summed E-state index contributed by atoms with van der Waals surface area (Å²) in [5.74, 6) is -1.85. The highest BCUT2D eigenvalue weighted by atomic mass is 35.5. The molecule has 4 rings (SSSR count). The van der Waals surface area contributed by atoms with Crippen LogP contribution in [0.2, 0.25) is 5.02 Å². The Bertz CT molecular complexity index is 1610. The zero-order chi connectivity index (χ0) is 36.3. The number of para-hydroxylation sites is 1. The summed E-state index contributed by atoms with van der Waals surface area (Å²) in [6, 6.07) is 7.32. The van der Waals surface area contributed by atoms with Crippen molar-refractivity contribution in [2.45, 2.75) is 39.9 Å². The van der Waals surface area contributed by atoms with Gasteiger partial charge in [0.25, 0.3) is 5.91 Å². The molecule has 20 heteroatoms. The number of aliphatic hydroxyl groups excluding tert-OH is 2. The Labute approximate surface area is 291 Å². The maximum absolute atomic E-state index is 12.9. The molecule has 0 radical (unpaired) electrons. The molecule has 2 unspecified atom stereocenters. The van der Waals surface area contributed by atoms with Crippen molar-refractivity contribution in [1.82, 2.24) is 19.9 Å². The second-order valence-corrected chi connectivity index (χ2v) is 13.9. The molecule has 49 heavy (non-hydrogen) atoms. The van der Waals surface area contributed by atoms with Crippen LogP contribution in [-0.4, -0.2) is 116 Å². The summed E-state index contributed by atoms with van der Waals surface area (Å²) < 4.78 is 23.8. The fourth-order valence-electron chi connectivity index (χ4n) is 4.44. The first-order chi connectivity index (χ1) is 23.2. The van der Waals surface area contributed by atoms with Crippen LogP contribution in [0.4, 0.5) is 22.5 Å². The number of rotatable bonds is 14. The number of thiazole rings is 1. The molecule has 0 saturated carbocycles. The number of piperazine rings is 1.